The van der Waals surface area contributed by atoms with Crippen LogP contribution >= 0.6 is 11.8 Å². The third-order valence-corrected chi connectivity index (χ3v) is 4.19. The number of amidine groups is 1. The van der Waals surface area contributed by atoms with Crippen LogP contribution in [0.5, 0.6) is 0 Å². The zero-order chi connectivity index (χ0) is 14.5. The lowest BCUT2D eigenvalue weighted by Crippen LogP contribution is -2.30. The van der Waals surface area contributed by atoms with Crippen LogP contribution in [0.3, 0.4) is 0 Å². The van der Waals surface area contributed by atoms with E-state index in [2.05, 4.69) is 0 Å². The monoisotopic (exact) mass is 286 g/mol. The van der Waals surface area contributed by atoms with Crippen LogP contribution in [0.15, 0.2) is 23.1 Å². The van der Waals surface area contributed by atoms with E-state index in [9.17, 15) is 8.78 Å². The smallest absolute Gasteiger partial charge is 0.136 e. The first-order valence-electron chi connectivity index (χ1n) is 6.25. The summed E-state index contributed by atoms with van der Waals surface area (Å²) in [6, 6.07) is 3.49. The highest BCUT2D eigenvalue weighted by Crippen LogP contribution is 2.26. The summed E-state index contributed by atoms with van der Waals surface area (Å²) in [5.74, 6) is 0.127. The average molecular weight is 286 g/mol. The van der Waals surface area contributed by atoms with Gasteiger partial charge in [0.1, 0.15) is 11.6 Å². The van der Waals surface area contributed by atoms with Gasteiger partial charge in [0.25, 0.3) is 0 Å². The summed E-state index contributed by atoms with van der Waals surface area (Å²) in [4.78, 5) is 0.353. The molecule has 1 aromatic rings. The molecule has 0 unspecified atom stereocenters. The molecule has 19 heavy (non-hydrogen) atoms. The highest BCUT2D eigenvalue weighted by molar-refractivity contribution is 7.99. The molecule has 106 valence electrons. The van der Waals surface area contributed by atoms with Crippen LogP contribution in [-0.4, -0.2) is 11.6 Å². The minimum atomic E-state index is -0.415. The van der Waals surface area contributed by atoms with Gasteiger partial charge in [0, 0.05) is 10.3 Å². The third kappa shape index (κ3) is 5.19. The van der Waals surface area contributed by atoms with E-state index in [1.165, 1.54) is 17.8 Å². The van der Waals surface area contributed by atoms with Gasteiger partial charge in [-0.25, -0.2) is 8.78 Å². The fraction of sp³-hybridized carbons (Fsp3) is 0.500. The molecule has 1 rings (SSSR count). The molecule has 2 nitrogen and oxygen atoms in total. The Balaban J connectivity index is 2.32. The number of rotatable bonds is 7. The summed E-state index contributed by atoms with van der Waals surface area (Å²) in [6.45, 7) is 3.88. The van der Waals surface area contributed by atoms with Gasteiger partial charge in [-0.2, -0.15) is 0 Å². The predicted octanol–water partition coefficient (Wildman–Crippen LogP) is 4.19. The first-order valence-corrected chi connectivity index (χ1v) is 7.24. The van der Waals surface area contributed by atoms with Crippen LogP contribution in [-0.2, 0) is 0 Å². The standard InChI is InChI=1S/C14H20F2N2S/c1-14(2,13(17)18)7-3-4-8-19-12-9-10(15)5-6-11(12)16/h5-6,9H,3-4,7-8H2,1-2H3,(H3,17,18). The number of hydrogen-bond acceptors (Lipinski definition) is 2. The average Bonchev–Trinajstić information content (AvgIpc) is 2.32. The normalized spacial score (nSPS) is 11.6. The van der Waals surface area contributed by atoms with Crippen molar-refractivity contribution < 1.29 is 8.78 Å². The van der Waals surface area contributed by atoms with Crippen molar-refractivity contribution in [2.24, 2.45) is 11.1 Å². The fourth-order valence-electron chi connectivity index (χ4n) is 1.57. The van der Waals surface area contributed by atoms with Crippen molar-refractivity contribution in [2.75, 3.05) is 5.75 Å². The van der Waals surface area contributed by atoms with E-state index < -0.39 is 5.82 Å². The second-order valence-electron chi connectivity index (χ2n) is 5.18. The zero-order valence-electron chi connectivity index (χ0n) is 11.3. The maximum Gasteiger partial charge on any atom is 0.136 e. The third-order valence-electron chi connectivity index (χ3n) is 3.08. The first kappa shape index (κ1) is 16.0. The van der Waals surface area contributed by atoms with Crippen molar-refractivity contribution in [2.45, 2.75) is 38.0 Å². The van der Waals surface area contributed by atoms with Crippen LogP contribution in [0.4, 0.5) is 8.78 Å². The number of nitrogens with one attached hydrogen (secondary N) is 1. The second kappa shape index (κ2) is 6.89. The van der Waals surface area contributed by atoms with Gasteiger partial charge in [-0.3, -0.25) is 5.41 Å². The molecule has 0 saturated heterocycles. The molecule has 0 bridgehead atoms. The Morgan fingerprint density at radius 1 is 1.32 bits per heavy atom. The van der Waals surface area contributed by atoms with Crippen LogP contribution < -0.4 is 5.73 Å². The van der Waals surface area contributed by atoms with Gasteiger partial charge in [0.2, 0.25) is 0 Å². The SMILES string of the molecule is CC(C)(CCCCSc1cc(F)ccc1F)C(=N)N. The van der Waals surface area contributed by atoms with Gasteiger partial charge in [-0.05, 0) is 36.8 Å². The maximum absolute atomic E-state index is 13.3. The molecule has 0 aliphatic heterocycles. The number of thioether (sulfide) groups is 1. The summed E-state index contributed by atoms with van der Waals surface area (Å²) < 4.78 is 26.3. The first-order chi connectivity index (χ1) is 8.83. The molecule has 0 aliphatic carbocycles. The van der Waals surface area contributed by atoms with Crippen molar-refractivity contribution in [3.05, 3.63) is 29.8 Å². The van der Waals surface area contributed by atoms with Crippen molar-refractivity contribution in [3.8, 4) is 0 Å². The second-order valence-corrected chi connectivity index (χ2v) is 6.31. The quantitative estimate of drug-likeness (QED) is 0.342. The zero-order valence-corrected chi connectivity index (χ0v) is 12.1. The lowest BCUT2D eigenvalue weighted by Gasteiger charge is -2.22. The van der Waals surface area contributed by atoms with Crippen LogP contribution in [0, 0.1) is 22.5 Å². The summed E-state index contributed by atoms with van der Waals surface area (Å²) in [6.07, 6.45) is 2.63. The van der Waals surface area contributed by atoms with Gasteiger partial charge >= 0.3 is 0 Å². The van der Waals surface area contributed by atoms with E-state index in [1.807, 2.05) is 13.8 Å². The van der Waals surface area contributed by atoms with E-state index in [-0.39, 0.29) is 17.1 Å². The molecule has 1 aromatic carbocycles. The lowest BCUT2D eigenvalue weighted by atomic mass is 9.86. The Bertz CT molecular complexity index is 447. The van der Waals surface area contributed by atoms with Crippen LogP contribution in [0.2, 0.25) is 0 Å². The molecule has 0 atom stereocenters. The van der Waals surface area contributed by atoms with E-state index >= 15 is 0 Å². The molecule has 0 heterocycles. The molecule has 0 spiro atoms. The number of benzene rings is 1. The molecular formula is C14H20F2N2S. The Labute approximate surface area is 117 Å². The molecule has 5 heteroatoms. The summed E-state index contributed by atoms with van der Waals surface area (Å²) in [5, 5.41) is 7.45. The Hall–Kier alpha value is -1.10. The van der Waals surface area contributed by atoms with E-state index in [1.54, 1.807) is 0 Å². The number of nitrogens with two attached hydrogens (primary N) is 1. The minimum Gasteiger partial charge on any atom is -0.387 e. The topological polar surface area (TPSA) is 49.9 Å². The number of hydrogen-bond donors (Lipinski definition) is 2. The summed E-state index contributed by atoms with van der Waals surface area (Å²) >= 11 is 1.32. The van der Waals surface area contributed by atoms with Gasteiger partial charge in [0.05, 0.1) is 5.84 Å². The fourth-order valence-corrected chi connectivity index (χ4v) is 2.54. The Kier molecular flexibility index (Phi) is 5.79. The highest BCUT2D eigenvalue weighted by atomic mass is 32.2. The van der Waals surface area contributed by atoms with Crippen molar-refractivity contribution in [1.82, 2.24) is 0 Å². The minimum absolute atomic E-state index is 0.191. The van der Waals surface area contributed by atoms with Gasteiger partial charge in [-0.1, -0.05) is 20.3 Å². The van der Waals surface area contributed by atoms with E-state index in [0.717, 1.165) is 37.1 Å². The summed E-state index contributed by atoms with van der Waals surface area (Å²) in [7, 11) is 0. The predicted molar refractivity (Wildman–Crippen MR) is 76.6 cm³/mol. The largest absolute Gasteiger partial charge is 0.387 e. The van der Waals surface area contributed by atoms with E-state index in [4.69, 9.17) is 11.1 Å². The van der Waals surface area contributed by atoms with E-state index in [0.29, 0.717) is 4.90 Å². The van der Waals surface area contributed by atoms with Crippen molar-refractivity contribution in [1.29, 1.82) is 5.41 Å². The molecule has 0 saturated carbocycles. The van der Waals surface area contributed by atoms with Crippen LogP contribution in [0.25, 0.3) is 0 Å². The van der Waals surface area contributed by atoms with Crippen molar-refractivity contribution in [3.63, 3.8) is 0 Å². The molecule has 0 radical (unpaired) electrons. The molecule has 3 N–H and O–H groups in total. The molecule has 0 amide bonds. The lowest BCUT2D eigenvalue weighted by molar-refractivity contribution is 0.448. The Morgan fingerprint density at radius 2 is 2.00 bits per heavy atom. The van der Waals surface area contributed by atoms with Crippen molar-refractivity contribution >= 4 is 17.6 Å². The van der Waals surface area contributed by atoms with Gasteiger partial charge in [0.15, 0.2) is 0 Å². The molecule has 0 aromatic heterocycles. The van der Waals surface area contributed by atoms with Crippen LogP contribution in [0.1, 0.15) is 33.1 Å². The van der Waals surface area contributed by atoms with Gasteiger partial charge in [-0.15, -0.1) is 11.8 Å². The molecule has 0 fully saturated rings. The number of halogens is 2. The molecular weight excluding hydrogens is 266 g/mol. The molecule has 0 aliphatic rings. The highest BCUT2D eigenvalue weighted by Gasteiger charge is 2.20. The Morgan fingerprint density at radius 3 is 2.63 bits per heavy atom. The maximum atomic E-state index is 13.3. The summed E-state index contributed by atoms with van der Waals surface area (Å²) in [5.41, 5.74) is 5.22. The van der Waals surface area contributed by atoms with Gasteiger partial charge < -0.3 is 5.73 Å². The number of unbranched alkanes of at least 4 members (excludes halogenated alkanes) is 1.